The third-order valence-electron chi connectivity index (χ3n) is 8.22. The zero-order valence-electron chi connectivity index (χ0n) is 24.7. The SMILES string of the molecule is Cc1ccc(-c2nc(-c3ccccc3)nc3c2oc2cc(C4=C/c5ccccc5-c5ccccc5N/C=C/C=C\4)ccc23)cc1. The van der Waals surface area contributed by atoms with E-state index in [0.717, 1.165) is 66.8 Å². The van der Waals surface area contributed by atoms with Gasteiger partial charge in [0.25, 0.3) is 0 Å². The second kappa shape index (κ2) is 11.3. The molecule has 0 unspecified atom stereocenters. The van der Waals surface area contributed by atoms with Gasteiger partial charge in [0.15, 0.2) is 11.4 Å². The van der Waals surface area contributed by atoms with Crippen LogP contribution in [0.2, 0.25) is 0 Å². The summed E-state index contributed by atoms with van der Waals surface area (Å²) in [5, 5.41) is 4.41. The molecule has 0 spiro atoms. The molecule has 0 radical (unpaired) electrons. The molecule has 1 aliphatic rings. The Balaban J connectivity index is 1.32. The number of para-hydroxylation sites is 1. The summed E-state index contributed by atoms with van der Waals surface area (Å²) in [5.74, 6) is 0.678. The molecule has 0 saturated heterocycles. The lowest BCUT2D eigenvalue weighted by Gasteiger charge is -2.12. The summed E-state index contributed by atoms with van der Waals surface area (Å²) in [6.45, 7) is 2.09. The van der Waals surface area contributed by atoms with Gasteiger partial charge in [0.05, 0.1) is 0 Å². The second-order valence-electron chi connectivity index (χ2n) is 11.2. The van der Waals surface area contributed by atoms with E-state index in [1.165, 1.54) is 5.56 Å². The molecule has 1 N–H and O–H groups in total. The molecule has 4 heteroatoms. The molecule has 0 atom stereocenters. The van der Waals surface area contributed by atoms with Gasteiger partial charge in [-0.25, -0.2) is 9.97 Å². The average Bonchev–Trinajstić information content (AvgIpc) is 3.45. The van der Waals surface area contributed by atoms with Crippen LogP contribution in [-0.4, -0.2) is 9.97 Å². The first-order chi connectivity index (χ1) is 22.2. The summed E-state index contributed by atoms with van der Waals surface area (Å²) >= 11 is 0. The van der Waals surface area contributed by atoms with Gasteiger partial charge in [0.1, 0.15) is 16.8 Å². The van der Waals surface area contributed by atoms with Gasteiger partial charge in [0.2, 0.25) is 0 Å². The summed E-state index contributed by atoms with van der Waals surface area (Å²) in [4.78, 5) is 10.1. The van der Waals surface area contributed by atoms with Crippen molar-refractivity contribution in [2.45, 2.75) is 6.92 Å². The lowest BCUT2D eigenvalue weighted by atomic mass is 9.94. The van der Waals surface area contributed by atoms with Crippen LogP contribution < -0.4 is 5.32 Å². The zero-order valence-corrected chi connectivity index (χ0v) is 24.7. The number of allylic oxidation sites excluding steroid dienone is 4. The molecule has 4 nitrogen and oxygen atoms in total. The van der Waals surface area contributed by atoms with Crippen molar-refractivity contribution in [1.29, 1.82) is 0 Å². The van der Waals surface area contributed by atoms with Crippen LogP contribution >= 0.6 is 0 Å². The molecule has 8 rings (SSSR count). The molecular formula is C41H29N3O. The fourth-order valence-electron chi connectivity index (χ4n) is 5.90. The number of nitrogens with zero attached hydrogens (tertiary/aromatic N) is 2. The minimum Gasteiger partial charge on any atom is -0.452 e. The van der Waals surface area contributed by atoms with Crippen molar-refractivity contribution in [2.24, 2.45) is 0 Å². The minimum atomic E-state index is 0.678. The first-order valence-corrected chi connectivity index (χ1v) is 15.1. The average molecular weight is 580 g/mol. The highest BCUT2D eigenvalue weighted by atomic mass is 16.3. The summed E-state index contributed by atoms with van der Waals surface area (Å²) < 4.78 is 6.63. The first kappa shape index (κ1) is 26.6. The van der Waals surface area contributed by atoms with Crippen molar-refractivity contribution in [2.75, 3.05) is 5.32 Å². The van der Waals surface area contributed by atoms with Crippen LogP contribution in [0.4, 0.5) is 5.69 Å². The Morgan fingerprint density at radius 1 is 0.644 bits per heavy atom. The second-order valence-corrected chi connectivity index (χ2v) is 11.2. The van der Waals surface area contributed by atoms with Crippen LogP contribution in [0.5, 0.6) is 0 Å². The molecule has 214 valence electrons. The number of benzene rings is 5. The van der Waals surface area contributed by atoms with Crippen molar-refractivity contribution >= 4 is 39.4 Å². The Morgan fingerprint density at radius 2 is 1.40 bits per heavy atom. The van der Waals surface area contributed by atoms with Crippen LogP contribution in [0.15, 0.2) is 150 Å². The van der Waals surface area contributed by atoms with E-state index in [4.69, 9.17) is 14.4 Å². The van der Waals surface area contributed by atoms with E-state index in [2.05, 4.69) is 121 Å². The molecule has 0 amide bonds. The third kappa shape index (κ3) is 5.02. The molecule has 45 heavy (non-hydrogen) atoms. The number of aryl methyl sites for hydroxylation is 1. The van der Waals surface area contributed by atoms with E-state index in [1.807, 2.05) is 42.6 Å². The highest BCUT2D eigenvalue weighted by Gasteiger charge is 2.19. The Bertz CT molecular complexity index is 2290. The maximum atomic E-state index is 6.63. The predicted molar refractivity (Wildman–Crippen MR) is 187 cm³/mol. The van der Waals surface area contributed by atoms with Gasteiger partial charge < -0.3 is 9.73 Å². The van der Waals surface area contributed by atoms with E-state index in [9.17, 15) is 0 Å². The quantitative estimate of drug-likeness (QED) is 0.226. The number of rotatable bonds is 3. The van der Waals surface area contributed by atoms with Gasteiger partial charge in [-0.05, 0) is 59.5 Å². The number of aromatic nitrogens is 2. The molecule has 1 aliphatic heterocycles. The molecule has 0 fully saturated rings. The Kier molecular flexibility index (Phi) is 6.65. The van der Waals surface area contributed by atoms with Crippen molar-refractivity contribution < 1.29 is 4.42 Å². The van der Waals surface area contributed by atoms with Gasteiger partial charge in [-0.2, -0.15) is 0 Å². The number of fused-ring (bicyclic) bond motifs is 6. The van der Waals surface area contributed by atoms with Crippen molar-refractivity contribution in [1.82, 2.24) is 9.97 Å². The van der Waals surface area contributed by atoms with Gasteiger partial charge in [-0.15, -0.1) is 0 Å². The highest BCUT2D eigenvalue weighted by molar-refractivity contribution is 6.08. The van der Waals surface area contributed by atoms with Crippen molar-refractivity contribution in [3.05, 3.63) is 162 Å². The standard InChI is InChI=1S/C41H29N3O/c1-27-18-20-28(21-19-27)38-40-39(44-41(43-38)29-11-3-2-4-12-29)35-23-22-31(26-37(35)45-40)30-13-9-10-24-42-36-17-8-7-16-34(36)33-15-6-5-14-32(33)25-30/h2-26,42H,1H3/b13-9-,24-10+,30-25+. The topological polar surface area (TPSA) is 51.0 Å². The number of hydrogen-bond acceptors (Lipinski definition) is 4. The molecular weight excluding hydrogens is 550 g/mol. The van der Waals surface area contributed by atoms with Crippen LogP contribution in [0.3, 0.4) is 0 Å². The van der Waals surface area contributed by atoms with Gasteiger partial charge >= 0.3 is 0 Å². The summed E-state index contributed by atoms with van der Waals surface area (Å²) in [6.07, 6.45) is 10.4. The van der Waals surface area contributed by atoms with E-state index < -0.39 is 0 Å². The maximum absolute atomic E-state index is 6.63. The van der Waals surface area contributed by atoms with Crippen LogP contribution in [-0.2, 0) is 0 Å². The maximum Gasteiger partial charge on any atom is 0.180 e. The number of furan rings is 1. The highest BCUT2D eigenvalue weighted by Crippen LogP contribution is 2.38. The first-order valence-electron chi connectivity index (χ1n) is 15.1. The lowest BCUT2D eigenvalue weighted by molar-refractivity contribution is 0.667. The third-order valence-corrected chi connectivity index (χ3v) is 8.22. The molecule has 5 aromatic carbocycles. The van der Waals surface area contributed by atoms with Crippen molar-refractivity contribution in [3.8, 4) is 33.8 Å². The normalized spacial score (nSPS) is 15.3. The van der Waals surface area contributed by atoms with Crippen LogP contribution in [0.25, 0.3) is 67.5 Å². The smallest absolute Gasteiger partial charge is 0.180 e. The fraction of sp³-hybridized carbons (Fsp3) is 0.0244. The summed E-state index contributed by atoms with van der Waals surface area (Å²) in [7, 11) is 0. The molecule has 0 aliphatic carbocycles. The molecule has 0 bridgehead atoms. The Morgan fingerprint density at radius 3 is 2.27 bits per heavy atom. The monoisotopic (exact) mass is 579 g/mol. The molecule has 0 saturated carbocycles. The number of nitrogens with one attached hydrogen (secondary N) is 1. The largest absolute Gasteiger partial charge is 0.452 e. The Labute approximate surface area is 261 Å². The van der Waals surface area contributed by atoms with Crippen molar-refractivity contribution in [3.63, 3.8) is 0 Å². The minimum absolute atomic E-state index is 0.678. The zero-order chi connectivity index (χ0) is 30.2. The van der Waals surface area contributed by atoms with Crippen LogP contribution in [0, 0.1) is 6.92 Å². The summed E-state index contributed by atoms with van der Waals surface area (Å²) in [5.41, 5.74) is 12.9. The van der Waals surface area contributed by atoms with E-state index in [1.54, 1.807) is 0 Å². The van der Waals surface area contributed by atoms with E-state index >= 15 is 0 Å². The predicted octanol–water partition coefficient (Wildman–Crippen LogP) is 10.7. The molecule has 3 heterocycles. The number of anilines is 1. The number of hydrogen-bond donors (Lipinski definition) is 1. The summed E-state index contributed by atoms with van der Waals surface area (Å²) in [6, 6.07) is 41.8. The van der Waals surface area contributed by atoms with Gasteiger partial charge in [0, 0.05) is 34.0 Å². The molecule has 2 aromatic heterocycles. The van der Waals surface area contributed by atoms with E-state index in [0.29, 0.717) is 11.4 Å². The van der Waals surface area contributed by atoms with Crippen LogP contribution in [0.1, 0.15) is 16.7 Å². The fourth-order valence-corrected chi connectivity index (χ4v) is 5.90. The van der Waals surface area contributed by atoms with Gasteiger partial charge in [-0.3, -0.25) is 0 Å². The van der Waals surface area contributed by atoms with Gasteiger partial charge in [-0.1, -0.05) is 121 Å². The molecule has 7 aromatic rings. The lowest BCUT2D eigenvalue weighted by Crippen LogP contribution is -1.93. The van der Waals surface area contributed by atoms with E-state index in [-0.39, 0.29) is 0 Å². The Hall–Kier alpha value is -6.00.